The summed E-state index contributed by atoms with van der Waals surface area (Å²) in [4.78, 5) is 4.27. The van der Waals surface area contributed by atoms with Gasteiger partial charge in [-0.3, -0.25) is 0 Å². The second-order valence-corrected chi connectivity index (χ2v) is 4.17. The molecular formula is C13H11FN2OS. The largest absolute Gasteiger partial charge is 0.438 e. The van der Waals surface area contributed by atoms with E-state index in [1.54, 1.807) is 24.4 Å². The van der Waals surface area contributed by atoms with Gasteiger partial charge in [-0.1, -0.05) is 18.3 Å². The lowest BCUT2D eigenvalue weighted by Crippen LogP contribution is -2.13. The van der Waals surface area contributed by atoms with Crippen LogP contribution in [0.3, 0.4) is 0 Å². The first-order chi connectivity index (χ1) is 8.58. The van der Waals surface area contributed by atoms with Gasteiger partial charge < -0.3 is 10.5 Å². The normalized spacial score (nSPS) is 10.1. The van der Waals surface area contributed by atoms with Crippen LogP contribution in [-0.4, -0.2) is 9.97 Å². The Morgan fingerprint density at radius 3 is 2.83 bits per heavy atom. The summed E-state index contributed by atoms with van der Waals surface area (Å²) >= 11 is 4.96. The second-order valence-electron chi connectivity index (χ2n) is 3.73. The van der Waals surface area contributed by atoms with Crippen molar-refractivity contribution in [3.05, 3.63) is 53.5 Å². The van der Waals surface area contributed by atoms with Gasteiger partial charge in [0.25, 0.3) is 0 Å². The van der Waals surface area contributed by atoms with E-state index >= 15 is 0 Å². The summed E-state index contributed by atoms with van der Waals surface area (Å²) in [5.41, 5.74) is 7.07. The van der Waals surface area contributed by atoms with E-state index in [4.69, 9.17) is 22.7 Å². The lowest BCUT2D eigenvalue weighted by Gasteiger charge is -2.11. The number of nitrogens with zero attached hydrogens (tertiary/aromatic N) is 1. The van der Waals surface area contributed by atoms with Crippen molar-refractivity contribution in [2.45, 2.75) is 6.92 Å². The first kappa shape index (κ1) is 12.4. The zero-order chi connectivity index (χ0) is 13.1. The molecule has 1 aromatic carbocycles. The fraction of sp³-hybridized carbons (Fsp3) is 0.0769. The van der Waals surface area contributed by atoms with Gasteiger partial charge in [0.1, 0.15) is 16.6 Å². The molecule has 0 aliphatic rings. The number of rotatable bonds is 3. The quantitative estimate of drug-likeness (QED) is 0.864. The van der Waals surface area contributed by atoms with Crippen LogP contribution in [0, 0.1) is 12.7 Å². The smallest absolute Gasteiger partial charge is 0.229 e. The minimum atomic E-state index is -0.378. The Labute approximate surface area is 109 Å². The van der Waals surface area contributed by atoms with E-state index < -0.39 is 0 Å². The van der Waals surface area contributed by atoms with Gasteiger partial charge in [0, 0.05) is 12.3 Å². The monoisotopic (exact) mass is 262 g/mol. The van der Waals surface area contributed by atoms with Crippen molar-refractivity contribution < 1.29 is 9.13 Å². The Bertz CT molecular complexity index is 601. The lowest BCUT2D eigenvalue weighted by molar-refractivity contribution is 0.456. The van der Waals surface area contributed by atoms with Gasteiger partial charge in [0.2, 0.25) is 5.88 Å². The average Bonchev–Trinajstić information content (AvgIpc) is 2.28. The number of benzene rings is 1. The van der Waals surface area contributed by atoms with E-state index in [0.29, 0.717) is 11.3 Å². The molecule has 5 heteroatoms. The first-order valence-corrected chi connectivity index (χ1v) is 5.67. The maximum absolute atomic E-state index is 13.1. The maximum atomic E-state index is 13.1. The molecule has 92 valence electrons. The van der Waals surface area contributed by atoms with Crippen LogP contribution in [0.2, 0.25) is 0 Å². The lowest BCUT2D eigenvalue weighted by atomic mass is 10.1. The number of hydrogen-bond donors (Lipinski definition) is 1. The summed E-state index contributed by atoms with van der Waals surface area (Å²) in [6.07, 6.45) is 1.59. The van der Waals surface area contributed by atoms with Crippen molar-refractivity contribution >= 4 is 17.2 Å². The van der Waals surface area contributed by atoms with Crippen LogP contribution in [0.4, 0.5) is 4.39 Å². The molecule has 0 aliphatic heterocycles. The van der Waals surface area contributed by atoms with Crippen molar-refractivity contribution in [2.24, 2.45) is 5.73 Å². The fourth-order valence-corrected chi connectivity index (χ4v) is 1.80. The van der Waals surface area contributed by atoms with E-state index in [0.717, 1.165) is 5.56 Å². The van der Waals surface area contributed by atoms with Crippen molar-refractivity contribution in [1.29, 1.82) is 0 Å². The van der Waals surface area contributed by atoms with Crippen molar-refractivity contribution in [1.82, 2.24) is 4.98 Å². The molecule has 0 saturated heterocycles. The predicted molar refractivity (Wildman–Crippen MR) is 71.3 cm³/mol. The molecule has 0 bridgehead atoms. The molecule has 1 heterocycles. The summed E-state index contributed by atoms with van der Waals surface area (Å²) in [6.45, 7) is 1.86. The third kappa shape index (κ3) is 2.62. The summed E-state index contributed by atoms with van der Waals surface area (Å²) in [5, 5.41) is 0. The molecule has 0 fully saturated rings. The van der Waals surface area contributed by atoms with Crippen molar-refractivity contribution in [2.75, 3.05) is 0 Å². The number of thiocarbonyl (C=S) groups is 1. The number of pyridine rings is 1. The van der Waals surface area contributed by atoms with Crippen LogP contribution in [0.5, 0.6) is 11.6 Å². The highest BCUT2D eigenvalue weighted by Gasteiger charge is 2.12. The summed E-state index contributed by atoms with van der Waals surface area (Å²) in [7, 11) is 0. The predicted octanol–water partition coefficient (Wildman–Crippen LogP) is 2.96. The third-order valence-electron chi connectivity index (χ3n) is 2.38. The van der Waals surface area contributed by atoms with Gasteiger partial charge in [-0.25, -0.2) is 9.37 Å². The molecule has 2 N–H and O–H groups in total. The molecule has 2 rings (SSSR count). The Morgan fingerprint density at radius 2 is 2.17 bits per heavy atom. The second kappa shape index (κ2) is 5.10. The van der Waals surface area contributed by atoms with Gasteiger partial charge in [-0.15, -0.1) is 0 Å². The zero-order valence-corrected chi connectivity index (χ0v) is 10.5. The third-order valence-corrected chi connectivity index (χ3v) is 2.59. The topological polar surface area (TPSA) is 48.1 Å². The first-order valence-electron chi connectivity index (χ1n) is 5.27. The summed E-state index contributed by atoms with van der Waals surface area (Å²) in [6, 6.07) is 7.59. The van der Waals surface area contributed by atoms with Gasteiger partial charge in [0.05, 0.1) is 5.56 Å². The zero-order valence-electron chi connectivity index (χ0n) is 9.68. The molecule has 0 aliphatic carbocycles. The Balaban J connectivity index is 2.40. The van der Waals surface area contributed by atoms with E-state index in [1.807, 2.05) is 6.92 Å². The maximum Gasteiger partial charge on any atom is 0.229 e. The molecule has 2 aromatic rings. The standard InChI is InChI=1S/C13H11FN2OS/c1-8-5-6-16-13(11(8)12(15)18)17-10-4-2-3-9(14)7-10/h2-7H,1H3,(H2,15,18). The van der Waals surface area contributed by atoms with Crippen LogP contribution in [0.15, 0.2) is 36.5 Å². The highest BCUT2D eigenvalue weighted by atomic mass is 32.1. The molecule has 0 amide bonds. The van der Waals surface area contributed by atoms with Crippen LogP contribution < -0.4 is 10.5 Å². The minimum Gasteiger partial charge on any atom is -0.438 e. The van der Waals surface area contributed by atoms with E-state index in [9.17, 15) is 4.39 Å². The Hall–Kier alpha value is -2.01. The molecule has 0 spiro atoms. The van der Waals surface area contributed by atoms with E-state index in [1.165, 1.54) is 12.1 Å². The minimum absolute atomic E-state index is 0.201. The molecule has 0 radical (unpaired) electrons. The van der Waals surface area contributed by atoms with Gasteiger partial charge in [-0.2, -0.15) is 0 Å². The highest BCUT2D eigenvalue weighted by Crippen LogP contribution is 2.25. The number of aryl methyl sites for hydroxylation is 1. The number of aromatic nitrogens is 1. The number of ether oxygens (including phenoxy) is 1. The molecule has 0 unspecified atom stereocenters. The van der Waals surface area contributed by atoms with Gasteiger partial charge in [0.15, 0.2) is 0 Å². The molecular weight excluding hydrogens is 251 g/mol. The van der Waals surface area contributed by atoms with E-state index in [2.05, 4.69) is 4.98 Å². The van der Waals surface area contributed by atoms with Crippen molar-refractivity contribution in [3.8, 4) is 11.6 Å². The van der Waals surface area contributed by atoms with Crippen LogP contribution in [-0.2, 0) is 0 Å². The highest BCUT2D eigenvalue weighted by molar-refractivity contribution is 7.80. The molecule has 3 nitrogen and oxygen atoms in total. The molecule has 18 heavy (non-hydrogen) atoms. The summed E-state index contributed by atoms with van der Waals surface area (Å²) in [5.74, 6) is 0.260. The van der Waals surface area contributed by atoms with Crippen LogP contribution in [0.25, 0.3) is 0 Å². The number of halogens is 1. The van der Waals surface area contributed by atoms with Crippen LogP contribution in [0.1, 0.15) is 11.1 Å². The fourth-order valence-electron chi connectivity index (χ4n) is 1.55. The SMILES string of the molecule is Cc1ccnc(Oc2cccc(F)c2)c1C(N)=S. The Kier molecular flexibility index (Phi) is 3.53. The van der Waals surface area contributed by atoms with Crippen LogP contribution >= 0.6 is 12.2 Å². The van der Waals surface area contributed by atoms with Crippen molar-refractivity contribution in [3.63, 3.8) is 0 Å². The molecule has 0 atom stereocenters. The average molecular weight is 262 g/mol. The number of nitrogens with two attached hydrogens (primary N) is 1. The Morgan fingerprint density at radius 1 is 1.39 bits per heavy atom. The number of hydrogen-bond acceptors (Lipinski definition) is 3. The molecule has 1 aromatic heterocycles. The van der Waals surface area contributed by atoms with E-state index in [-0.39, 0.29) is 16.7 Å². The summed E-state index contributed by atoms with van der Waals surface area (Å²) < 4.78 is 18.6. The van der Waals surface area contributed by atoms with Gasteiger partial charge >= 0.3 is 0 Å². The molecule has 0 saturated carbocycles. The van der Waals surface area contributed by atoms with Gasteiger partial charge in [-0.05, 0) is 30.7 Å².